The fraction of sp³-hybridized carbons (Fsp3) is 0.643. The quantitative estimate of drug-likeness (QED) is 0.590. The van der Waals surface area contributed by atoms with Gasteiger partial charge in [-0.15, -0.1) is 0 Å². The predicted octanol–water partition coefficient (Wildman–Crippen LogP) is 3.76. The topological polar surface area (TPSA) is 17.1 Å². The summed E-state index contributed by atoms with van der Waals surface area (Å²) in [7, 11) is 0. The van der Waals surface area contributed by atoms with E-state index in [4.69, 9.17) is 0 Å². The van der Waals surface area contributed by atoms with Crippen LogP contribution in [-0.2, 0) is 4.79 Å². The largest absolute Gasteiger partial charge is 0.294 e. The molecule has 0 radical (unpaired) electrons. The Morgan fingerprint density at radius 1 is 1.07 bits per heavy atom. The molecule has 0 bridgehead atoms. The Balaban J connectivity index is 3.05. The Labute approximate surface area is 93.3 Å². The number of Topliss-reactive ketones (excluding diaryl/α,β-unsaturated/α-hetero) is 1. The predicted molar refractivity (Wildman–Crippen MR) is 64.6 cm³/mol. The lowest BCUT2D eigenvalue weighted by Crippen LogP contribution is -2.33. The van der Waals surface area contributed by atoms with E-state index in [9.17, 15) is 4.79 Å². The second-order valence-corrected chi connectivity index (χ2v) is 6.42. The summed E-state index contributed by atoms with van der Waals surface area (Å²) in [5.41, 5.74) is 0.911. The highest BCUT2D eigenvalue weighted by atomic mass is 16.1. The summed E-state index contributed by atoms with van der Waals surface area (Å²) in [6.07, 6.45) is 6.01. The van der Waals surface area contributed by atoms with Gasteiger partial charge in [0.15, 0.2) is 5.78 Å². The molecule has 0 saturated carbocycles. The van der Waals surface area contributed by atoms with Crippen LogP contribution in [0.4, 0.5) is 0 Å². The zero-order chi connectivity index (χ0) is 11.9. The zero-order valence-corrected chi connectivity index (χ0v) is 10.7. The van der Waals surface area contributed by atoms with Crippen molar-refractivity contribution in [2.75, 3.05) is 0 Å². The molecule has 0 aromatic carbocycles. The first-order valence-corrected chi connectivity index (χ1v) is 5.57. The molecule has 0 spiro atoms. The van der Waals surface area contributed by atoms with Gasteiger partial charge in [0, 0.05) is 11.5 Å². The minimum Gasteiger partial charge on any atom is -0.294 e. The van der Waals surface area contributed by atoms with Crippen LogP contribution in [0.1, 0.15) is 41.5 Å². The molecule has 1 atom stereocenters. The van der Waals surface area contributed by atoms with E-state index in [-0.39, 0.29) is 22.5 Å². The van der Waals surface area contributed by atoms with Crippen LogP contribution in [-0.4, -0.2) is 5.78 Å². The van der Waals surface area contributed by atoms with Crippen LogP contribution in [0.3, 0.4) is 0 Å². The molecular formula is C14H22O. The molecule has 0 saturated heterocycles. The van der Waals surface area contributed by atoms with Crippen molar-refractivity contribution in [2.24, 2.45) is 16.7 Å². The first kappa shape index (κ1) is 12.2. The zero-order valence-electron chi connectivity index (χ0n) is 10.7. The summed E-state index contributed by atoms with van der Waals surface area (Å²) in [6, 6.07) is 0. The van der Waals surface area contributed by atoms with Crippen molar-refractivity contribution in [3.8, 4) is 0 Å². The van der Waals surface area contributed by atoms with E-state index in [0.717, 1.165) is 5.57 Å². The molecule has 0 aliphatic heterocycles. The maximum absolute atomic E-state index is 12.3. The van der Waals surface area contributed by atoms with E-state index < -0.39 is 0 Å². The number of hydrogen-bond donors (Lipinski definition) is 0. The number of hydrogen-bond acceptors (Lipinski definition) is 1. The van der Waals surface area contributed by atoms with Gasteiger partial charge in [-0.2, -0.15) is 0 Å². The molecule has 1 nitrogen and oxygen atoms in total. The maximum Gasteiger partial charge on any atom is 0.166 e. The molecule has 1 unspecified atom stereocenters. The highest BCUT2D eigenvalue weighted by Crippen LogP contribution is 2.37. The molecule has 0 amide bonds. The van der Waals surface area contributed by atoms with Crippen LogP contribution in [0.15, 0.2) is 23.8 Å². The lowest BCUT2D eigenvalue weighted by molar-refractivity contribution is -0.121. The van der Waals surface area contributed by atoms with Crippen LogP contribution in [0.25, 0.3) is 0 Å². The Morgan fingerprint density at radius 3 is 2.00 bits per heavy atom. The van der Waals surface area contributed by atoms with Crippen LogP contribution >= 0.6 is 0 Å². The van der Waals surface area contributed by atoms with Gasteiger partial charge in [0.2, 0.25) is 0 Å². The lowest BCUT2D eigenvalue weighted by atomic mass is 9.70. The van der Waals surface area contributed by atoms with E-state index in [1.54, 1.807) is 0 Å². The van der Waals surface area contributed by atoms with Gasteiger partial charge in [-0.25, -0.2) is 0 Å². The SMILES string of the molecule is CC(C)(C)C1=CC=CC(C(C)(C)C)C1=O. The van der Waals surface area contributed by atoms with Crippen molar-refractivity contribution in [3.63, 3.8) is 0 Å². The minimum absolute atomic E-state index is 0.0122. The van der Waals surface area contributed by atoms with Crippen LogP contribution in [0.2, 0.25) is 0 Å². The van der Waals surface area contributed by atoms with Crippen molar-refractivity contribution in [1.82, 2.24) is 0 Å². The third kappa shape index (κ3) is 2.58. The number of rotatable bonds is 0. The molecule has 1 aliphatic carbocycles. The third-order valence-corrected chi connectivity index (χ3v) is 2.86. The first-order valence-electron chi connectivity index (χ1n) is 5.57. The fourth-order valence-electron chi connectivity index (χ4n) is 1.90. The van der Waals surface area contributed by atoms with E-state index in [1.807, 2.05) is 18.2 Å². The van der Waals surface area contributed by atoms with Gasteiger partial charge in [0.1, 0.15) is 0 Å². The normalized spacial score (nSPS) is 22.9. The number of carbonyl (C=O) groups excluding carboxylic acids is 1. The second-order valence-electron chi connectivity index (χ2n) is 6.42. The fourth-order valence-corrected chi connectivity index (χ4v) is 1.90. The Hall–Kier alpha value is -0.850. The third-order valence-electron chi connectivity index (χ3n) is 2.86. The van der Waals surface area contributed by atoms with E-state index in [1.165, 1.54) is 0 Å². The first-order chi connectivity index (χ1) is 6.64. The molecular weight excluding hydrogens is 184 g/mol. The number of carbonyl (C=O) groups is 1. The molecule has 0 aromatic rings. The molecule has 15 heavy (non-hydrogen) atoms. The summed E-state index contributed by atoms with van der Waals surface area (Å²) >= 11 is 0. The van der Waals surface area contributed by atoms with Gasteiger partial charge >= 0.3 is 0 Å². The number of ketones is 1. The molecule has 1 aliphatic rings. The molecule has 84 valence electrons. The van der Waals surface area contributed by atoms with Gasteiger partial charge in [-0.05, 0) is 10.8 Å². The smallest absolute Gasteiger partial charge is 0.166 e. The summed E-state index contributed by atoms with van der Waals surface area (Å²) in [6.45, 7) is 12.6. The molecule has 0 heterocycles. The molecule has 0 N–H and O–H groups in total. The second kappa shape index (κ2) is 3.62. The maximum atomic E-state index is 12.3. The molecule has 1 rings (SSSR count). The monoisotopic (exact) mass is 206 g/mol. The standard InChI is InChI=1S/C14H22O/c1-13(2,3)10-8-7-9-11(12(10)15)14(4,5)6/h7-10H,1-6H3. The van der Waals surface area contributed by atoms with Gasteiger partial charge in [-0.3, -0.25) is 4.79 Å². The summed E-state index contributed by atoms with van der Waals surface area (Å²) in [4.78, 5) is 12.3. The van der Waals surface area contributed by atoms with Gasteiger partial charge in [0.25, 0.3) is 0 Å². The van der Waals surface area contributed by atoms with Gasteiger partial charge < -0.3 is 0 Å². The van der Waals surface area contributed by atoms with Crippen LogP contribution in [0, 0.1) is 16.7 Å². The van der Waals surface area contributed by atoms with Crippen molar-refractivity contribution in [3.05, 3.63) is 23.8 Å². The van der Waals surface area contributed by atoms with Crippen molar-refractivity contribution in [2.45, 2.75) is 41.5 Å². The van der Waals surface area contributed by atoms with Crippen molar-refractivity contribution in [1.29, 1.82) is 0 Å². The lowest BCUT2D eigenvalue weighted by Gasteiger charge is -2.33. The Kier molecular flexibility index (Phi) is 2.95. The van der Waals surface area contributed by atoms with Crippen molar-refractivity contribution >= 4 is 5.78 Å². The summed E-state index contributed by atoms with van der Waals surface area (Å²) in [5.74, 6) is 0.314. The van der Waals surface area contributed by atoms with Crippen molar-refractivity contribution < 1.29 is 4.79 Å². The van der Waals surface area contributed by atoms with Gasteiger partial charge in [0.05, 0.1) is 0 Å². The van der Waals surface area contributed by atoms with E-state index in [2.05, 4.69) is 41.5 Å². The van der Waals surface area contributed by atoms with Gasteiger partial charge in [-0.1, -0.05) is 59.8 Å². The molecule has 0 fully saturated rings. The van der Waals surface area contributed by atoms with E-state index in [0.29, 0.717) is 0 Å². The highest BCUT2D eigenvalue weighted by molar-refractivity contribution is 6.01. The van der Waals surface area contributed by atoms with Crippen LogP contribution < -0.4 is 0 Å². The van der Waals surface area contributed by atoms with E-state index >= 15 is 0 Å². The Morgan fingerprint density at radius 2 is 1.60 bits per heavy atom. The average Bonchev–Trinajstić information content (AvgIpc) is 1.99. The number of allylic oxidation sites excluding steroid dienone is 4. The minimum atomic E-state index is -0.0503. The highest BCUT2D eigenvalue weighted by Gasteiger charge is 2.35. The Bertz CT molecular complexity index is 318. The molecule has 0 aromatic heterocycles. The summed E-state index contributed by atoms with van der Waals surface area (Å²) < 4.78 is 0. The molecule has 1 heteroatoms. The summed E-state index contributed by atoms with van der Waals surface area (Å²) in [5, 5.41) is 0. The average molecular weight is 206 g/mol. The van der Waals surface area contributed by atoms with Crippen LogP contribution in [0.5, 0.6) is 0 Å².